The summed E-state index contributed by atoms with van der Waals surface area (Å²) in [5, 5.41) is 0. The van der Waals surface area contributed by atoms with Gasteiger partial charge < -0.3 is 19.4 Å². The second-order valence-electron chi connectivity index (χ2n) is 9.62. The predicted octanol–water partition coefficient (Wildman–Crippen LogP) is 3.02. The first-order valence-corrected chi connectivity index (χ1v) is 12.0. The van der Waals surface area contributed by atoms with Crippen molar-refractivity contribution in [2.45, 2.75) is 32.4 Å². The van der Waals surface area contributed by atoms with Gasteiger partial charge in [-0.25, -0.2) is 13.8 Å². The number of rotatable bonds is 4. The van der Waals surface area contributed by atoms with Gasteiger partial charge in [0.05, 0.1) is 30.4 Å². The number of benzene rings is 1. The van der Waals surface area contributed by atoms with E-state index in [-0.39, 0.29) is 17.5 Å². The van der Waals surface area contributed by atoms with Crippen LogP contribution >= 0.6 is 0 Å². The molecule has 4 heterocycles. The molecule has 0 spiro atoms. The SMILES string of the molecule is CC1Cc2c(F)cc(F)cc2N1C(C)c1c(N2CCOCC2)nc2ccc(C(=O)N(C)C)cn2c1=O. The number of aromatic nitrogens is 2. The first-order chi connectivity index (χ1) is 17.2. The number of morpholine rings is 1. The molecule has 1 fully saturated rings. The summed E-state index contributed by atoms with van der Waals surface area (Å²) in [7, 11) is 3.29. The zero-order chi connectivity index (χ0) is 25.7. The van der Waals surface area contributed by atoms with Crippen molar-refractivity contribution < 1.29 is 18.3 Å². The third kappa shape index (κ3) is 3.99. The molecule has 0 radical (unpaired) electrons. The molecule has 1 saturated heterocycles. The number of amides is 1. The Kier molecular flexibility index (Phi) is 6.15. The molecule has 5 rings (SSSR count). The molecule has 3 aromatic rings. The Morgan fingerprint density at radius 3 is 2.61 bits per heavy atom. The minimum Gasteiger partial charge on any atom is -0.378 e. The second-order valence-corrected chi connectivity index (χ2v) is 9.62. The number of carbonyl (C=O) groups is 1. The van der Waals surface area contributed by atoms with Crippen LogP contribution in [0.3, 0.4) is 0 Å². The van der Waals surface area contributed by atoms with Crippen molar-refractivity contribution in [3.8, 4) is 0 Å². The number of anilines is 2. The molecule has 0 N–H and O–H groups in total. The number of fused-ring (bicyclic) bond motifs is 2. The van der Waals surface area contributed by atoms with Crippen LogP contribution in [0, 0.1) is 11.6 Å². The molecule has 0 aliphatic carbocycles. The van der Waals surface area contributed by atoms with E-state index in [1.165, 1.54) is 21.6 Å². The summed E-state index contributed by atoms with van der Waals surface area (Å²) in [5.41, 5.74) is 1.75. The maximum absolute atomic E-state index is 14.6. The zero-order valence-electron chi connectivity index (χ0n) is 20.8. The standard InChI is InChI=1S/C26H29F2N5O3/c1-15-11-19-20(28)12-18(27)13-21(19)33(15)16(2)23-24(31-7-9-36-10-8-31)29-22-6-5-17(25(34)30(3)4)14-32(22)26(23)35/h5-6,12-16H,7-11H2,1-4H3. The second kappa shape index (κ2) is 9.16. The molecule has 2 aliphatic rings. The molecule has 36 heavy (non-hydrogen) atoms. The van der Waals surface area contributed by atoms with Crippen LogP contribution in [0.2, 0.25) is 0 Å². The van der Waals surface area contributed by atoms with Crippen LogP contribution in [-0.4, -0.2) is 66.6 Å². The topological polar surface area (TPSA) is 70.4 Å². The third-order valence-corrected chi connectivity index (χ3v) is 7.03. The maximum Gasteiger partial charge on any atom is 0.265 e. The number of nitrogens with zero attached hydrogens (tertiary/aromatic N) is 5. The lowest BCUT2D eigenvalue weighted by molar-refractivity contribution is 0.0827. The van der Waals surface area contributed by atoms with Gasteiger partial charge >= 0.3 is 0 Å². The molecule has 8 nitrogen and oxygen atoms in total. The summed E-state index contributed by atoms with van der Waals surface area (Å²) in [6.45, 7) is 5.93. The zero-order valence-corrected chi connectivity index (χ0v) is 20.8. The fraction of sp³-hybridized carbons (Fsp3) is 0.423. The van der Waals surface area contributed by atoms with Gasteiger partial charge in [0.1, 0.15) is 23.1 Å². The molecule has 190 valence electrons. The summed E-state index contributed by atoms with van der Waals surface area (Å²) < 4.78 is 35.7. The van der Waals surface area contributed by atoms with Gasteiger partial charge in [-0.15, -0.1) is 0 Å². The first kappa shape index (κ1) is 24.2. The predicted molar refractivity (Wildman–Crippen MR) is 133 cm³/mol. The third-order valence-electron chi connectivity index (χ3n) is 7.03. The van der Waals surface area contributed by atoms with Gasteiger partial charge in [0.25, 0.3) is 11.5 Å². The van der Waals surface area contributed by atoms with E-state index >= 15 is 0 Å². The highest BCUT2D eigenvalue weighted by atomic mass is 19.1. The molecule has 0 saturated carbocycles. The molecule has 10 heteroatoms. The van der Waals surface area contributed by atoms with Gasteiger partial charge in [-0.3, -0.25) is 14.0 Å². The smallest absolute Gasteiger partial charge is 0.265 e. The van der Waals surface area contributed by atoms with E-state index < -0.39 is 17.7 Å². The first-order valence-electron chi connectivity index (χ1n) is 12.0. The van der Waals surface area contributed by atoms with Crippen molar-refractivity contribution >= 4 is 23.1 Å². The number of pyridine rings is 1. The van der Waals surface area contributed by atoms with Crippen LogP contribution in [0.1, 0.15) is 41.4 Å². The van der Waals surface area contributed by atoms with E-state index in [0.717, 1.165) is 6.07 Å². The molecule has 2 atom stereocenters. The van der Waals surface area contributed by atoms with E-state index in [0.29, 0.717) is 66.6 Å². The molecular formula is C26H29F2N5O3. The molecule has 2 aliphatic heterocycles. The summed E-state index contributed by atoms with van der Waals surface area (Å²) in [6.07, 6.45) is 1.91. The van der Waals surface area contributed by atoms with Gasteiger partial charge in [-0.1, -0.05) is 0 Å². The number of hydrogen-bond acceptors (Lipinski definition) is 6. The Morgan fingerprint density at radius 2 is 1.92 bits per heavy atom. The highest BCUT2D eigenvalue weighted by molar-refractivity contribution is 5.93. The largest absolute Gasteiger partial charge is 0.378 e. The van der Waals surface area contributed by atoms with Crippen LogP contribution < -0.4 is 15.4 Å². The summed E-state index contributed by atoms with van der Waals surface area (Å²) >= 11 is 0. The summed E-state index contributed by atoms with van der Waals surface area (Å²) in [6, 6.07) is 4.84. The molecule has 0 bridgehead atoms. The Hall–Kier alpha value is -3.53. The van der Waals surface area contributed by atoms with Crippen molar-refractivity contribution in [3.05, 3.63) is 69.1 Å². The van der Waals surface area contributed by atoms with Crippen LogP contribution in [0.5, 0.6) is 0 Å². The fourth-order valence-corrected chi connectivity index (χ4v) is 5.29. The van der Waals surface area contributed by atoms with E-state index in [1.807, 2.05) is 23.6 Å². The van der Waals surface area contributed by atoms with Crippen molar-refractivity contribution in [2.24, 2.45) is 0 Å². The van der Waals surface area contributed by atoms with Gasteiger partial charge in [-0.05, 0) is 38.5 Å². The number of halogens is 2. The monoisotopic (exact) mass is 497 g/mol. The van der Waals surface area contributed by atoms with Crippen molar-refractivity contribution in [1.29, 1.82) is 0 Å². The van der Waals surface area contributed by atoms with Crippen molar-refractivity contribution in [2.75, 3.05) is 50.2 Å². The van der Waals surface area contributed by atoms with Crippen LogP contribution in [0.4, 0.5) is 20.3 Å². The molecule has 1 aromatic carbocycles. The molecule has 1 amide bonds. The minimum atomic E-state index is -0.661. The average Bonchev–Trinajstić information content (AvgIpc) is 3.19. The lowest BCUT2D eigenvalue weighted by Gasteiger charge is -2.35. The summed E-state index contributed by atoms with van der Waals surface area (Å²) in [5.74, 6) is -0.949. The average molecular weight is 498 g/mol. The summed E-state index contributed by atoms with van der Waals surface area (Å²) in [4.78, 5) is 36.8. The van der Waals surface area contributed by atoms with Crippen LogP contribution in [-0.2, 0) is 11.2 Å². The lowest BCUT2D eigenvalue weighted by Crippen LogP contribution is -2.42. The molecule has 2 aromatic heterocycles. The maximum atomic E-state index is 14.6. The number of ether oxygens (including phenoxy) is 1. The number of carbonyl (C=O) groups excluding carboxylic acids is 1. The van der Waals surface area contributed by atoms with E-state index in [1.54, 1.807) is 26.2 Å². The van der Waals surface area contributed by atoms with Crippen molar-refractivity contribution in [1.82, 2.24) is 14.3 Å². The fourth-order valence-electron chi connectivity index (χ4n) is 5.29. The van der Waals surface area contributed by atoms with Crippen LogP contribution in [0.15, 0.2) is 35.3 Å². The van der Waals surface area contributed by atoms with Crippen molar-refractivity contribution in [3.63, 3.8) is 0 Å². The molecule has 2 unspecified atom stereocenters. The van der Waals surface area contributed by atoms with Gasteiger partial charge in [0.15, 0.2) is 0 Å². The Bertz CT molecular complexity index is 1400. The van der Waals surface area contributed by atoms with E-state index in [2.05, 4.69) is 0 Å². The molecular weight excluding hydrogens is 468 g/mol. The van der Waals surface area contributed by atoms with Gasteiger partial charge in [0, 0.05) is 56.7 Å². The van der Waals surface area contributed by atoms with Gasteiger partial charge in [-0.2, -0.15) is 0 Å². The normalized spacial score (nSPS) is 18.4. The van der Waals surface area contributed by atoms with Crippen LogP contribution in [0.25, 0.3) is 5.65 Å². The Labute approximate surface area is 207 Å². The number of hydrogen-bond donors (Lipinski definition) is 0. The lowest BCUT2D eigenvalue weighted by atomic mass is 10.1. The van der Waals surface area contributed by atoms with E-state index in [4.69, 9.17) is 9.72 Å². The highest BCUT2D eigenvalue weighted by Crippen LogP contribution is 2.41. The highest BCUT2D eigenvalue weighted by Gasteiger charge is 2.36. The Balaban J connectivity index is 1.71. The van der Waals surface area contributed by atoms with Gasteiger partial charge in [0.2, 0.25) is 0 Å². The Morgan fingerprint density at radius 1 is 1.19 bits per heavy atom. The quantitative estimate of drug-likeness (QED) is 0.552. The van der Waals surface area contributed by atoms with E-state index in [9.17, 15) is 18.4 Å². The minimum absolute atomic E-state index is 0.161.